The Labute approximate surface area is 226 Å². The van der Waals surface area contributed by atoms with E-state index in [0.29, 0.717) is 28.7 Å². The van der Waals surface area contributed by atoms with Gasteiger partial charge in [0, 0.05) is 35.3 Å². The number of rotatable bonds is 4. The first-order valence-electron chi connectivity index (χ1n) is 14.0. The van der Waals surface area contributed by atoms with Gasteiger partial charge >= 0.3 is 5.63 Å². The summed E-state index contributed by atoms with van der Waals surface area (Å²) in [5, 5.41) is 9.49. The maximum atomic E-state index is 12.2. The molecule has 0 N–H and O–H groups in total. The molecule has 1 aliphatic carbocycles. The molecule has 10 heteroatoms. The zero-order chi connectivity index (χ0) is 27.1. The Morgan fingerprint density at radius 1 is 1.10 bits per heavy atom. The number of fused-ring (bicyclic) bond motifs is 3. The molecule has 208 valence electrons. The van der Waals surface area contributed by atoms with Crippen LogP contribution in [0, 0.1) is 37.5 Å². The van der Waals surface area contributed by atoms with Crippen LogP contribution in [0.4, 0.5) is 0 Å². The van der Waals surface area contributed by atoms with Gasteiger partial charge < -0.3 is 18.6 Å². The summed E-state index contributed by atoms with van der Waals surface area (Å²) in [5.41, 5.74) is 2.52. The van der Waals surface area contributed by atoms with Gasteiger partial charge in [0.25, 0.3) is 0 Å². The lowest BCUT2D eigenvalue weighted by atomic mass is 9.58. The highest BCUT2D eigenvalue weighted by Gasteiger charge is 2.69. The van der Waals surface area contributed by atoms with Crippen molar-refractivity contribution in [2.24, 2.45) is 23.7 Å². The molecule has 0 unspecified atom stereocenters. The Balaban J connectivity index is 1.10. The van der Waals surface area contributed by atoms with Gasteiger partial charge in [0.15, 0.2) is 18.2 Å². The summed E-state index contributed by atoms with van der Waals surface area (Å²) in [6.07, 6.45) is 4.71. The van der Waals surface area contributed by atoms with Crippen molar-refractivity contribution in [2.75, 3.05) is 0 Å². The number of aryl methyl sites for hydroxylation is 1. The Morgan fingerprint density at radius 3 is 2.79 bits per heavy atom. The molecule has 8 atom stereocenters. The fourth-order valence-corrected chi connectivity index (χ4v) is 7.30. The van der Waals surface area contributed by atoms with Crippen LogP contribution in [0.25, 0.3) is 16.7 Å². The molecule has 1 saturated carbocycles. The van der Waals surface area contributed by atoms with E-state index >= 15 is 0 Å². The first-order chi connectivity index (χ1) is 18.7. The van der Waals surface area contributed by atoms with Crippen LogP contribution in [0.1, 0.15) is 63.3 Å². The lowest BCUT2D eigenvalue weighted by molar-refractivity contribution is -0.577. The van der Waals surface area contributed by atoms with Gasteiger partial charge in [-0.15, -0.1) is 5.10 Å². The molecule has 0 amide bonds. The standard InChI is InChI=1S/C29H35N3O7/c1-15-6-9-23-18(4)26(36-27-29(23)22(15)10-11-28(5,37-27)38-39-29)34-14-19-13-32(31-30-19)20-7-8-21-16(2)17(3)25(33)35-24(21)12-20/h7-8,12-13,15,18,22-23,26-27H,6,9-11,14H2,1-5H3/t15-,18-,22+,23+,26+,27-,28-,29-/m1/s1. The minimum Gasteiger partial charge on any atom is -0.422 e. The fourth-order valence-electron chi connectivity index (χ4n) is 7.30. The van der Waals surface area contributed by atoms with Gasteiger partial charge in [0.05, 0.1) is 18.5 Å². The molecule has 3 aromatic rings. The topological polar surface area (TPSA) is 107 Å². The van der Waals surface area contributed by atoms with Crippen LogP contribution < -0.4 is 5.63 Å². The lowest BCUT2D eigenvalue weighted by Gasteiger charge is -2.60. The molecule has 1 spiro atoms. The van der Waals surface area contributed by atoms with E-state index in [2.05, 4.69) is 24.2 Å². The van der Waals surface area contributed by atoms with Crippen molar-refractivity contribution in [3.05, 3.63) is 51.6 Å². The number of aromatic nitrogens is 3. The van der Waals surface area contributed by atoms with E-state index in [1.807, 2.05) is 32.2 Å². The van der Waals surface area contributed by atoms with Gasteiger partial charge in [-0.25, -0.2) is 19.3 Å². The zero-order valence-electron chi connectivity index (χ0n) is 23.0. The third kappa shape index (κ3) is 3.83. The van der Waals surface area contributed by atoms with Crippen LogP contribution in [-0.2, 0) is 30.6 Å². The molecule has 2 bridgehead atoms. The first-order valence-corrected chi connectivity index (χ1v) is 14.0. The quantitative estimate of drug-likeness (QED) is 0.345. The second kappa shape index (κ2) is 8.94. The van der Waals surface area contributed by atoms with Crippen molar-refractivity contribution in [3.8, 4) is 5.69 Å². The Morgan fingerprint density at radius 2 is 1.95 bits per heavy atom. The number of ether oxygens (including phenoxy) is 3. The first kappa shape index (κ1) is 25.3. The normalized spacial score (nSPS) is 37.6. The Bertz CT molecular complexity index is 1490. The minimum atomic E-state index is -0.818. The molecular weight excluding hydrogens is 502 g/mol. The van der Waals surface area contributed by atoms with Crippen molar-refractivity contribution < 1.29 is 28.4 Å². The molecule has 5 aliphatic rings. The van der Waals surface area contributed by atoms with E-state index < -0.39 is 24.0 Å². The highest BCUT2D eigenvalue weighted by Crippen LogP contribution is 2.60. The maximum Gasteiger partial charge on any atom is 0.339 e. The van der Waals surface area contributed by atoms with E-state index in [1.165, 1.54) is 0 Å². The van der Waals surface area contributed by atoms with Crippen LogP contribution in [-0.4, -0.2) is 39.0 Å². The van der Waals surface area contributed by atoms with Gasteiger partial charge in [-0.3, -0.25) is 0 Å². The molecule has 8 rings (SSSR count). The third-order valence-corrected chi connectivity index (χ3v) is 9.74. The third-order valence-electron chi connectivity index (χ3n) is 9.74. The van der Waals surface area contributed by atoms with Crippen molar-refractivity contribution in [2.45, 2.75) is 90.9 Å². The van der Waals surface area contributed by atoms with Crippen LogP contribution in [0.3, 0.4) is 0 Å². The second-order valence-corrected chi connectivity index (χ2v) is 12.1. The molecular formula is C29H35N3O7. The highest BCUT2D eigenvalue weighted by molar-refractivity contribution is 5.82. The SMILES string of the molecule is Cc1c(C)c2ccc(-n3cc(CO[C@H]4O[C@@H]5O[C@@]6(C)CC[C@H]7[C@H](C)CC[C@@H]([C@H]4C)[C@@]57OO6)nn3)cc2oc1=O. The maximum absolute atomic E-state index is 12.2. The number of nitrogens with zero attached hydrogens (tertiary/aromatic N) is 3. The summed E-state index contributed by atoms with van der Waals surface area (Å²) < 4.78 is 26.4. The molecule has 39 heavy (non-hydrogen) atoms. The predicted octanol–water partition coefficient (Wildman–Crippen LogP) is 4.72. The van der Waals surface area contributed by atoms with E-state index in [0.717, 1.165) is 42.3 Å². The zero-order valence-corrected chi connectivity index (χ0v) is 23.0. The van der Waals surface area contributed by atoms with Crippen molar-refractivity contribution >= 4 is 11.0 Å². The van der Waals surface area contributed by atoms with E-state index in [4.69, 9.17) is 28.4 Å². The molecule has 10 nitrogen and oxygen atoms in total. The van der Waals surface area contributed by atoms with Gasteiger partial charge in [0.2, 0.25) is 5.79 Å². The number of benzene rings is 1. The second-order valence-electron chi connectivity index (χ2n) is 12.1. The van der Waals surface area contributed by atoms with Gasteiger partial charge in [-0.1, -0.05) is 19.1 Å². The molecule has 0 radical (unpaired) electrons. The van der Waals surface area contributed by atoms with Crippen LogP contribution in [0.2, 0.25) is 0 Å². The summed E-state index contributed by atoms with van der Waals surface area (Å²) in [4.78, 5) is 24.3. The largest absolute Gasteiger partial charge is 0.422 e. The molecule has 4 aliphatic heterocycles. The molecule has 2 aromatic heterocycles. The number of hydrogen-bond acceptors (Lipinski definition) is 9. The van der Waals surface area contributed by atoms with E-state index in [1.54, 1.807) is 17.7 Å². The van der Waals surface area contributed by atoms with E-state index in [-0.39, 0.29) is 24.1 Å². The summed E-state index contributed by atoms with van der Waals surface area (Å²) in [5.74, 6) is 0.279. The highest BCUT2D eigenvalue weighted by atomic mass is 17.3. The molecule has 6 heterocycles. The van der Waals surface area contributed by atoms with Gasteiger partial charge in [-0.05, 0) is 69.6 Å². The van der Waals surface area contributed by atoms with Crippen LogP contribution in [0.5, 0.6) is 0 Å². The molecule has 5 fully saturated rings. The van der Waals surface area contributed by atoms with Crippen molar-refractivity contribution in [1.82, 2.24) is 15.0 Å². The van der Waals surface area contributed by atoms with E-state index in [9.17, 15) is 4.79 Å². The fraction of sp³-hybridized carbons (Fsp3) is 0.621. The van der Waals surface area contributed by atoms with Crippen molar-refractivity contribution in [3.63, 3.8) is 0 Å². The summed E-state index contributed by atoms with van der Waals surface area (Å²) in [7, 11) is 0. The van der Waals surface area contributed by atoms with Crippen LogP contribution >= 0.6 is 0 Å². The Kier molecular flexibility index (Phi) is 5.81. The summed E-state index contributed by atoms with van der Waals surface area (Å²) >= 11 is 0. The number of hydrogen-bond donors (Lipinski definition) is 0. The monoisotopic (exact) mass is 537 g/mol. The summed E-state index contributed by atoms with van der Waals surface area (Å²) in [6.45, 7) is 10.3. The smallest absolute Gasteiger partial charge is 0.339 e. The van der Waals surface area contributed by atoms with Crippen LogP contribution in [0.15, 0.2) is 33.6 Å². The van der Waals surface area contributed by atoms with Gasteiger partial charge in [-0.2, -0.15) is 0 Å². The lowest BCUT2D eigenvalue weighted by Crippen LogP contribution is -2.70. The molecule has 1 aromatic carbocycles. The summed E-state index contributed by atoms with van der Waals surface area (Å²) in [6, 6.07) is 5.67. The average molecular weight is 538 g/mol. The predicted molar refractivity (Wildman–Crippen MR) is 138 cm³/mol. The molecule has 4 saturated heterocycles. The Hall–Kier alpha value is -2.63. The van der Waals surface area contributed by atoms with Gasteiger partial charge in [0.1, 0.15) is 11.3 Å². The van der Waals surface area contributed by atoms with Crippen molar-refractivity contribution in [1.29, 1.82) is 0 Å². The minimum absolute atomic E-state index is 0.0797. The average Bonchev–Trinajstić information content (AvgIpc) is 3.28.